The van der Waals surface area contributed by atoms with E-state index in [1.807, 2.05) is 0 Å². The SMILES string of the molecule is O=C(NCCN1C(=O)CSC1=O)c1ccc(Oc2ncccn2)cc1. The van der Waals surface area contributed by atoms with Crippen molar-refractivity contribution in [1.29, 1.82) is 0 Å². The Hall–Kier alpha value is -2.94. The molecule has 2 heterocycles. The first-order valence-electron chi connectivity index (χ1n) is 7.44. The Kier molecular flexibility index (Phi) is 5.24. The topological polar surface area (TPSA) is 101 Å². The smallest absolute Gasteiger partial charge is 0.321 e. The molecule has 0 bridgehead atoms. The second-order valence-corrected chi connectivity index (χ2v) is 5.94. The lowest BCUT2D eigenvalue weighted by atomic mass is 10.2. The van der Waals surface area contributed by atoms with E-state index in [-0.39, 0.29) is 41.9 Å². The van der Waals surface area contributed by atoms with Crippen LogP contribution in [0.2, 0.25) is 0 Å². The molecule has 0 saturated carbocycles. The minimum Gasteiger partial charge on any atom is -0.424 e. The molecule has 25 heavy (non-hydrogen) atoms. The van der Waals surface area contributed by atoms with E-state index in [4.69, 9.17) is 4.74 Å². The fourth-order valence-corrected chi connectivity index (χ4v) is 2.85. The number of rotatable bonds is 6. The van der Waals surface area contributed by atoms with Gasteiger partial charge in [-0.1, -0.05) is 11.8 Å². The Labute approximate surface area is 147 Å². The first-order chi connectivity index (χ1) is 12.1. The summed E-state index contributed by atoms with van der Waals surface area (Å²) in [5, 5.41) is 2.40. The van der Waals surface area contributed by atoms with Crippen LogP contribution in [-0.4, -0.2) is 50.8 Å². The van der Waals surface area contributed by atoms with Crippen LogP contribution in [0.3, 0.4) is 0 Å². The molecule has 1 aromatic heterocycles. The van der Waals surface area contributed by atoms with Crippen molar-refractivity contribution >= 4 is 28.8 Å². The number of hydrogen-bond acceptors (Lipinski definition) is 7. The van der Waals surface area contributed by atoms with Crippen LogP contribution >= 0.6 is 11.8 Å². The zero-order valence-electron chi connectivity index (χ0n) is 13.0. The summed E-state index contributed by atoms with van der Waals surface area (Å²) in [6.45, 7) is 0.371. The van der Waals surface area contributed by atoms with Crippen LogP contribution in [-0.2, 0) is 4.79 Å². The van der Waals surface area contributed by atoms with E-state index >= 15 is 0 Å². The van der Waals surface area contributed by atoms with Crippen LogP contribution in [0.25, 0.3) is 0 Å². The molecule has 1 aromatic carbocycles. The van der Waals surface area contributed by atoms with E-state index in [0.29, 0.717) is 11.3 Å². The standard InChI is InChI=1S/C16H14N4O4S/c21-13-10-25-16(23)20(13)9-8-17-14(22)11-2-4-12(5-3-11)24-15-18-6-1-7-19-15/h1-7H,8-10H2,(H,17,22). The molecule has 1 aliphatic heterocycles. The fourth-order valence-electron chi connectivity index (χ4n) is 2.10. The van der Waals surface area contributed by atoms with E-state index in [0.717, 1.165) is 16.7 Å². The Morgan fingerprint density at radius 3 is 2.56 bits per heavy atom. The van der Waals surface area contributed by atoms with Gasteiger partial charge in [0.05, 0.1) is 5.75 Å². The Bertz CT molecular complexity index is 766. The van der Waals surface area contributed by atoms with Crippen LogP contribution in [0.1, 0.15) is 10.4 Å². The minimum atomic E-state index is -0.297. The zero-order valence-corrected chi connectivity index (χ0v) is 13.9. The van der Waals surface area contributed by atoms with Gasteiger partial charge in [-0.3, -0.25) is 19.3 Å². The van der Waals surface area contributed by atoms with Crippen LogP contribution in [0.5, 0.6) is 11.8 Å². The summed E-state index contributed by atoms with van der Waals surface area (Å²) in [5.74, 6) is 0.149. The predicted octanol–water partition coefficient (Wildman–Crippen LogP) is 1.69. The van der Waals surface area contributed by atoms with Gasteiger partial charge in [0.2, 0.25) is 5.91 Å². The van der Waals surface area contributed by atoms with Crippen molar-refractivity contribution in [1.82, 2.24) is 20.2 Å². The molecule has 0 unspecified atom stereocenters. The van der Waals surface area contributed by atoms with Crippen LogP contribution in [0.15, 0.2) is 42.7 Å². The van der Waals surface area contributed by atoms with Gasteiger partial charge in [-0.2, -0.15) is 0 Å². The molecule has 3 amide bonds. The van der Waals surface area contributed by atoms with E-state index in [9.17, 15) is 14.4 Å². The van der Waals surface area contributed by atoms with Crippen molar-refractivity contribution in [2.45, 2.75) is 0 Å². The maximum absolute atomic E-state index is 12.1. The summed E-state index contributed by atoms with van der Waals surface area (Å²) in [7, 11) is 0. The molecule has 0 aliphatic carbocycles. The highest BCUT2D eigenvalue weighted by Crippen LogP contribution is 2.18. The summed E-state index contributed by atoms with van der Waals surface area (Å²) in [4.78, 5) is 44.0. The normalized spacial score (nSPS) is 13.8. The molecule has 2 aromatic rings. The zero-order chi connectivity index (χ0) is 17.6. The molecule has 1 N–H and O–H groups in total. The highest BCUT2D eigenvalue weighted by atomic mass is 32.2. The molecular weight excluding hydrogens is 344 g/mol. The number of ether oxygens (including phenoxy) is 1. The third kappa shape index (κ3) is 4.32. The molecule has 1 fully saturated rings. The highest BCUT2D eigenvalue weighted by Gasteiger charge is 2.29. The molecule has 0 radical (unpaired) electrons. The number of amides is 3. The summed E-state index contributed by atoms with van der Waals surface area (Å²) in [6.07, 6.45) is 3.14. The van der Waals surface area contributed by atoms with Gasteiger partial charge in [-0.15, -0.1) is 0 Å². The summed E-state index contributed by atoms with van der Waals surface area (Å²) < 4.78 is 5.45. The maximum atomic E-state index is 12.1. The van der Waals surface area contributed by atoms with Crippen molar-refractivity contribution in [2.75, 3.05) is 18.8 Å². The Morgan fingerprint density at radius 2 is 1.92 bits per heavy atom. The van der Waals surface area contributed by atoms with Crippen molar-refractivity contribution < 1.29 is 19.1 Å². The van der Waals surface area contributed by atoms with Gasteiger partial charge in [0.15, 0.2) is 0 Å². The molecular formula is C16H14N4O4S. The van der Waals surface area contributed by atoms with E-state index < -0.39 is 0 Å². The van der Waals surface area contributed by atoms with Gasteiger partial charge >= 0.3 is 6.01 Å². The lowest BCUT2D eigenvalue weighted by Gasteiger charge is -2.13. The first-order valence-corrected chi connectivity index (χ1v) is 8.42. The van der Waals surface area contributed by atoms with Gasteiger partial charge < -0.3 is 10.1 Å². The van der Waals surface area contributed by atoms with Gasteiger partial charge in [-0.05, 0) is 30.3 Å². The number of carbonyl (C=O) groups is 3. The first kappa shape index (κ1) is 16.9. The van der Waals surface area contributed by atoms with Crippen molar-refractivity contribution in [3.63, 3.8) is 0 Å². The lowest BCUT2D eigenvalue weighted by molar-refractivity contribution is -0.124. The number of carbonyl (C=O) groups excluding carboxylic acids is 3. The third-order valence-electron chi connectivity index (χ3n) is 3.33. The number of aromatic nitrogens is 2. The number of nitrogens with one attached hydrogen (secondary N) is 1. The quantitative estimate of drug-likeness (QED) is 0.838. The molecule has 0 spiro atoms. The van der Waals surface area contributed by atoms with E-state index in [1.165, 1.54) is 0 Å². The molecule has 1 saturated heterocycles. The fraction of sp³-hybridized carbons (Fsp3) is 0.188. The van der Waals surface area contributed by atoms with Crippen LogP contribution in [0, 0.1) is 0 Å². The molecule has 3 rings (SSSR count). The molecule has 8 nitrogen and oxygen atoms in total. The van der Waals surface area contributed by atoms with E-state index in [2.05, 4.69) is 15.3 Å². The maximum Gasteiger partial charge on any atom is 0.321 e. The Morgan fingerprint density at radius 1 is 1.20 bits per heavy atom. The van der Waals surface area contributed by atoms with Crippen LogP contribution in [0.4, 0.5) is 4.79 Å². The van der Waals surface area contributed by atoms with Crippen molar-refractivity contribution in [3.8, 4) is 11.8 Å². The molecule has 1 aliphatic rings. The predicted molar refractivity (Wildman–Crippen MR) is 90.4 cm³/mol. The number of hydrogen-bond donors (Lipinski definition) is 1. The molecule has 128 valence electrons. The number of benzene rings is 1. The lowest BCUT2D eigenvalue weighted by Crippen LogP contribution is -2.37. The van der Waals surface area contributed by atoms with Crippen molar-refractivity contribution in [2.24, 2.45) is 0 Å². The molecule has 0 atom stereocenters. The Balaban J connectivity index is 1.50. The van der Waals surface area contributed by atoms with Gasteiger partial charge in [0, 0.05) is 31.0 Å². The van der Waals surface area contributed by atoms with Crippen LogP contribution < -0.4 is 10.1 Å². The summed E-state index contributed by atoms with van der Waals surface area (Å²) in [6, 6.07) is 8.38. The monoisotopic (exact) mass is 358 g/mol. The summed E-state index contributed by atoms with van der Waals surface area (Å²) in [5.41, 5.74) is 0.440. The number of nitrogens with zero attached hydrogens (tertiary/aromatic N) is 3. The molecule has 9 heteroatoms. The third-order valence-corrected chi connectivity index (χ3v) is 4.19. The second-order valence-electron chi connectivity index (χ2n) is 5.01. The average molecular weight is 358 g/mol. The van der Waals surface area contributed by atoms with E-state index in [1.54, 1.807) is 42.7 Å². The summed E-state index contributed by atoms with van der Waals surface area (Å²) >= 11 is 0.972. The number of thioether (sulfide) groups is 1. The van der Waals surface area contributed by atoms with Gasteiger partial charge in [0.1, 0.15) is 5.75 Å². The number of imide groups is 1. The van der Waals surface area contributed by atoms with Gasteiger partial charge in [0.25, 0.3) is 11.1 Å². The minimum absolute atomic E-state index is 0.166. The van der Waals surface area contributed by atoms with Gasteiger partial charge in [-0.25, -0.2) is 9.97 Å². The van der Waals surface area contributed by atoms with Crippen molar-refractivity contribution in [3.05, 3.63) is 48.3 Å². The average Bonchev–Trinajstić information content (AvgIpc) is 2.95. The largest absolute Gasteiger partial charge is 0.424 e. The highest BCUT2D eigenvalue weighted by molar-refractivity contribution is 8.14. The second kappa shape index (κ2) is 7.75.